The average Bonchev–Trinajstić information content (AvgIpc) is 2.87. The van der Waals surface area contributed by atoms with Gasteiger partial charge >= 0.3 is 0 Å². The van der Waals surface area contributed by atoms with Gasteiger partial charge in [0.15, 0.2) is 0 Å². The predicted octanol–water partition coefficient (Wildman–Crippen LogP) is 2.66. The number of H-pyrrole nitrogens is 1. The molecule has 2 aliphatic heterocycles. The predicted molar refractivity (Wildman–Crippen MR) is 91.8 cm³/mol. The third-order valence-corrected chi connectivity index (χ3v) is 5.65. The third kappa shape index (κ3) is 2.69. The van der Waals surface area contributed by atoms with Crippen molar-refractivity contribution in [1.29, 1.82) is 0 Å². The Morgan fingerprint density at radius 2 is 2.00 bits per heavy atom. The summed E-state index contributed by atoms with van der Waals surface area (Å²) in [5.74, 6) is 0.644. The minimum atomic E-state index is 0.00351. The molecule has 2 aromatic rings. The molecule has 4 nitrogen and oxygen atoms in total. The first-order valence-corrected chi connectivity index (χ1v) is 8.69. The van der Waals surface area contributed by atoms with Crippen LogP contribution in [0.25, 0.3) is 10.9 Å². The second kappa shape index (κ2) is 5.93. The molecular formula is C19H26N2O2. The molecule has 0 atom stereocenters. The topological polar surface area (TPSA) is 48.5 Å². The molecule has 0 unspecified atom stereocenters. The normalized spacial score (nSPS) is 22.3. The lowest BCUT2D eigenvalue weighted by molar-refractivity contribution is -0.149. The van der Waals surface area contributed by atoms with Crippen molar-refractivity contribution in [3.05, 3.63) is 35.5 Å². The van der Waals surface area contributed by atoms with Crippen LogP contribution in [0.15, 0.2) is 24.3 Å². The molecule has 23 heavy (non-hydrogen) atoms. The van der Waals surface area contributed by atoms with Crippen molar-refractivity contribution in [2.24, 2.45) is 5.41 Å². The summed E-state index contributed by atoms with van der Waals surface area (Å²) in [5, 5.41) is 11.0. The molecule has 0 saturated carbocycles. The first-order chi connectivity index (χ1) is 11.2. The molecule has 0 radical (unpaired) electrons. The summed E-state index contributed by atoms with van der Waals surface area (Å²) in [6.07, 6.45) is 2.40. The van der Waals surface area contributed by atoms with Crippen molar-refractivity contribution in [2.75, 3.05) is 39.5 Å². The van der Waals surface area contributed by atoms with Crippen LogP contribution in [0.3, 0.4) is 0 Å². The van der Waals surface area contributed by atoms with E-state index in [-0.39, 0.29) is 12.0 Å². The third-order valence-electron chi connectivity index (χ3n) is 5.65. The summed E-state index contributed by atoms with van der Waals surface area (Å²) in [6, 6.07) is 8.64. The molecule has 4 heteroatoms. The fraction of sp³-hybridized carbons (Fsp3) is 0.579. The Labute approximate surface area is 137 Å². The van der Waals surface area contributed by atoms with Crippen molar-refractivity contribution >= 4 is 10.9 Å². The quantitative estimate of drug-likeness (QED) is 0.912. The van der Waals surface area contributed by atoms with Crippen LogP contribution < -0.4 is 0 Å². The molecule has 2 fully saturated rings. The van der Waals surface area contributed by atoms with Gasteiger partial charge in [0.2, 0.25) is 0 Å². The number of benzene rings is 1. The van der Waals surface area contributed by atoms with E-state index < -0.39 is 0 Å². The summed E-state index contributed by atoms with van der Waals surface area (Å²) < 4.78 is 5.32. The number of ether oxygens (including phenoxy) is 1. The number of fused-ring (bicyclic) bond motifs is 1. The van der Waals surface area contributed by atoms with Crippen LogP contribution >= 0.6 is 0 Å². The van der Waals surface area contributed by atoms with E-state index >= 15 is 0 Å². The number of piperidine rings is 1. The molecule has 2 N–H and O–H groups in total. The van der Waals surface area contributed by atoms with Gasteiger partial charge in [-0.05, 0) is 50.4 Å². The lowest BCUT2D eigenvalue weighted by atomic mass is 9.83. The highest BCUT2D eigenvalue weighted by molar-refractivity contribution is 5.85. The fourth-order valence-electron chi connectivity index (χ4n) is 4.30. The summed E-state index contributed by atoms with van der Waals surface area (Å²) in [6.45, 7) is 7.08. The smallest absolute Gasteiger partial charge is 0.0579 e. The lowest BCUT2D eigenvalue weighted by Crippen LogP contribution is -2.54. The number of likely N-dealkylation sites (tertiary alicyclic amines) is 1. The Hall–Kier alpha value is -1.36. The maximum absolute atomic E-state index is 9.61. The van der Waals surface area contributed by atoms with Gasteiger partial charge in [0, 0.05) is 23.1 Å². The zero-order valence-corrected chi connectivity index (χ0v) is 13.8. The van der Waals surface area contributed by atoms with E-state index in [9.17, 15) is 5.11 Å². The van der Waals surface area contributed by atoms with Crippen molar-refractivity contribution in [1.82, 2.24) is 9.88 Å². The van der Waals surface area contributed by atoms with Crippen LogP contribution in [0.5, 0.6) is 0 Å². The molecule has 124 valence electrons. The van der Waals surface area contributed by atoms with Crippen LogP contribution in [0.4, 0.5) is 0 Å². The molecule has 0 aliphatic carbocycles. The van der Waals surface area contributed by atoms with Gasteiger partial charge in [0.05, 0.1) is 25.2 Å². The standard InChI is InChI=1S/C19H26N2O2/c1-14-18(16-4-2-3-5-17(16)20-14)15-6-8-21(9-7-15)10-19(11-22)12-23-13-19/h2-5,15,20,22H,6-13H2,1H3. The van der Waals surface area contributed by atoms with E-state index in [1.807, 2.05) is 0 Å². The van der Waals surface area contributed by atoms with Gasteiger partial charge in [-0.1, -0.05) is 18.2 Å². The molecule has 0 spiro atoms. The second-order valence-electron chi connectivity index (χ2n) is 7.41. The van der Waals surface area contributed by atoms with E-state index in [0.29, 0.717) is 19.1 Å². The monoisotopic (exact) mass is 314 g/mol. The number of rotatable bonds is 4. The second-order valence-corrected chi connectivity index (χ2v) is 7.41. The number of nitrogens with one attached hydrogen (secondary N) is 1. The van der Waals surface area contributed by atoms with E-state index in [4.69, 9.17) is 4.74 Å². The van der Waals surface area contributed by atoms with Gasteiger partial charge in [-0.3, -0.25) is 0 Å². The molecule has 4 rings (SSSR count). The number of nitrogens with zero attached hydrogens (tertiary/aromatic N) is 1. The Morgan fingerprint density at radius 3 is 2.65 bits per heavy atom. The summed E-state index contributed by atoms with van der Waals surface area (Å²) in [5.41, 5.74) is 4.10. The molecule has 0 bridgehead atoms. The van der Waals surface area contributed by atoms with E-state index in [1.165, 1.54) is 35.0 Å². The summed E-state index contributed by atoms with van der Waals surface area (Å²) in [7, 11) is 0. The minimum Gasteiger partial charge on any atom is -0.396 e. The molecule has 2 saturated heterocycles. The minimum absolute atomic E-state index is 0.00351. The highest BCUT2D eigenvalue weighted by Gasteiger charge is 2.40. The summed E-state index contributed by atoms with van der Waals surface area (Å²) >= 11 is 0. The highest BCUT2D eigenvalue weighted by Crippen LogP contribution is 2.37. The first-order valence-electron chi connectivity index (χ1n) is 8.69. The SMILES string of the molecule is Cc1[nH]c2ccccc2c1C1CCN(CC2(CO)COC2)CC1. The molecule has 0 amide bonds. The Morgan fingerprint density at radius 1 is 1.26 bits per heavy atom. The molecular weight excluding hydrogens is 288 g/mol. The van der Waals surface area contributed by atoms with Gasteiger partial charge in [-0.2, -0.15) is 0 Å². The average molecular weight is 314 g/mol. The number of hydrogen-bond acceptors (Lipinski definition) is 3. The van der Waals surface area contributed by atoms with E-state index in [0.717, 1.165) is 19.6 Å². The number of aliphatic hydroxyl groups excluding tert-OH is 1. The molecule has 1 aromatic heterocycles. The van der Waals surface area contributed by atoms with Gasteiger partial charge < -0.3 is 19.7 Å². The maximum Gasteiger partial charge on any atom is 0.0579 e. The largest absolute Gasteiger partial charge is 0.396 e. The number of aromatic nitrogens is 1. The van der Waals surface area contributed by atoms with Gasteiger partial charge in [-0.25, -0.2) is 0 Å². The van der Waals surface area contributed by atoms with Crippen molar-refractivity contribution in [3.8, 4) is 0 Å². The van der Waals surface area contributed by atoms with Crippen molar-refractivity contribution < 1.29 is 9.84 Å². The van der Waals surface area contributed by atoms with Crippen LogP contribution in [-0.4, -0.2) is 54.4 Å². The molecule has 2 aliphatic rings. The van der Waals surface area contributed by atoms with Gasteiger partial charge in [0.1, 0.15) is 0 Å². The van der Waals surface area contributed by atoms with Gasteiger partial charge in [0.25, 0.3) is 0 Å². The fourth-order valence-corrected chi connectivity index (χ4v) is 4.30. The number of para-hydroxylation sites is 1. The van der Waals surface area contributed by atoms with Crippen LogP contribution in [0.2, 0.25) is 0 Å². The van der Waals surface area contributed by atoms with Crippen molar-refractivity contribution in [2.45, 2.75) is 25.7 Å². The lowest BCUT2D eigenvalue weighted by Gasteiger charge is -2.45. The van der Waals surface area contributed by atoms with E-state index in [2.05, 4.69) is 41.1 Å². The maximum atomic E-state index is 9.61. The number of hydrogen-bond donors (Lipinski definition) is 2. The Balaban J connectivity index is 1.46. The van der Waals surface area contributed by atoms with Crippen LogP contribution in [0.1, 0.15) is 30.0 Å². The van der Waals surface area contributed by atoms with Crippen LogP contribution in [0, 0.1) is 12.3 Å². The number of aromatic amines is 1. The highest BCUT2D eigenvalue weighted by atomic mass is 16.5. The Bertz CT molecular complexity index is 676. The van der Waals surface area contributed by atoms with Crippen molar-refractivity contribution in [3.63, 3.8) is 0 Å². The Kier molecular flexibility index (Phi) is 3.92. The van der Waals surface area contributed by atoms with E-state index in [1.54, 1.807) is 0 Å². The first kappa shape index (κ1) is 15.2. The summed E-state index contributed by atoms with van der Waals surface area (Å²) in [4.78, 5) is 6.05. The molecule has 1 aromatic carbocycles. The van der Waals surface area contributed by atoms with Gasteiger partial charge in [-0.15, -0.1) is 0 Å². The zero-order chi connectivity index (χ0) is 15.9. The van der Waals surface area contributed by atoms with Crippen LogP contribution in [-0.2, 0) is 4.74 Å². The molecule has 3 heterocycles. The number of aryl methyl sites for hydroxylation is 1. The zero-order valence-electron chi connectivity index (χ0n) is 13.8. The number of aliphatic hydroxyl groups is 1.